The van der Waals surface area contributed by atoms with Gasteiger partial charge in [-0.25, -0.2) is 0 Å². The molecule has 0 spiro atoms. The van der Waals surface area contributed by atoms with E-state index in [1.54, 1.807) is 7.11 Å². The number of hydrogen-bond acceptors (Lipinski definition) is 3. The highest BCUT2D eigenvalue weighted by molar-refractivity contribution is 5.88. The first-order chi connectivity index (χ1) is 11.2. The van der Waals surface area contributed by atoms with E-state index in [0.717, 1.165) is 54.5 Å². The van der Waals surface area contributed by atoms with Crippen molar-refractivity contribution in [1.82, 2.24) is 4.98 Å². The SMILES string of the molecule is CCCCOc1cc2[nH]cc(C3CCCC(=O)C3)c2cc1OC. The monoisotopic (exact) mass is 315 g/mol. The lowest BCUT2D eigenvalue weighted by molar-refractivity contribution is -0.120. The fourth-order valence-corrected chi connectivity index (χ4v) is 3.38. The Balaban J connectivity index is 1.91. The molecule has 1 aliphatic carbocycles. The standard InChI is InChI=1S/C19H25NO3/c1-3-4-8-23-19-11-17-15(10-18(19)22-2)16(12-20-17)13-6-5-7-14(21)9-13/h10-13,20H,3-9H2,1-2H3. The number of fused-ring (bicyclic) bond motifs is 1. The third-order valence-electron chi connectivity index (χ3n) is 4.68. The normalized spacial score (nSPS) is 18.3. The number of benzene rings is 1. The van der Waals surface area contributed by atoms with Gasteiger partial charge in [0.25, 0.3) is 0 Å². The molecule has 1 heterocycles. The van der Waals surface area contributed by atoms with E-state index in [-0.39, 0.29) is 0 Å². The molecule has 0 aliphatic heterocycles. The zero-order chi connectivity index (χ0) is 16.2. The van der Waals surface area contributed by atoms with Gasteiger partial charge in [0.2, 0.25) is 0 Å². The first-order valence-corrected chi connectivity index (χ1v) is 8.56. The molecule has 1 unspecified atom stereocenters. The molecule has 1 aromatic carbocycles. The van der Waals surface area contributed by atoms with E-state index in [2.05, 4.69) is 11.9 Å². The zero-order valence-electron chi connectivity index (χ0n) is 14.0. The van der Waals surface area contributed by atoms with Gasteiger partial charge < -0.3 is 14.5 Å². The Morgan fingerprint density at radius 3 is 2.91 bits per heavy atom. The molecule has 0 saturated heterocycles. The maximum Gasteiger partial charge on any atom is 0.163 e. The molecule has 0 amide bonds. The van der Waals surface area contributed by atoms with Crippen LogP contribution in [-0.2, 0) is 4.79 Å². The number of rotatable bonds is 6. The van der Waals surface area contributed by atoms with Crippen molar-refractivity contribution in [3.63, 3.8) is 0 Å². The van der Waals surface area contributed by atoms with Crippen LogP contribution in [0.2, 0.25) is 0 Å². The predicted molar refractivity (Wildman–Crippen MR) is 91.5 cm³/mol. The average molecular weight is 315 g/mol. The van der Waals surface area contributed by atoms with Gasteiger partial charge in [-0.1, -0.05) is 13.3 Å². The fraction of sp³-hybridized carbons (Fsp3) is 0.526. The number of unbranched alkanes of at least 4 members (excludes halogenated alkanes) is 1. The summed E-state index contributed by atoms with van der Waals surface area (Å²) < 4.78 is 11.4. The summed E-state index contributed by atoms with van der Waals surface area (Å²) in [6.07, 6.45) is 7.64. The lowest BCUT2D eigenvalue weighted by Gasteiger charge is -2.20. The summed E-state index contributed by atoms with van der Waals surface area (Å²) in [5.74, 6) is 2.24. The van der Waals surface area contributed by atoms with Gasteiger partial charge in [-0.15, -0.1) is 0 Å². The molecule has 0 bridgehead atoms. The molecule has 0 radical (unpaired) electrons. The number of Topliss-reactive ketones (excluding diaryl/α,β-unsaturated/α-hetero) is 1. The Labute approximate surface area is 137 Å². The maximum absolute atomic E-state index is 11.8. The van der Waals surface area contributed by atoms with Crippen molar-refractivity contribution >= 4 is 16.7 Å². The molecule has 23 heavy (non-hydrogen) atoms. The van der Waals surface area contributed by atoms with E-state index < -0.39 is 0 Å². The molecule has 2 aromatic rings. The number of nitrogens with one attached hydrogen (secondary N) is 1. The van der Waals surface area contributed by atoms with Gasteiger partial charge in [-0.3, -0.25) is 4.79 Å². The lowest BCUT2D eigenvalue weighted by atomic mass is 9.83. The van der Waals surface area contributed by atoms with Crippen LogP contribution in [0.5, 0.6) is 11.5 Å². The molecule has 1 saturated carbocycles. The van der Waals surface area contributed by atoms with Crippen LogP contribution < -0.4 is 9.47 Å². The summed E-state index contributed by atoms with van der Waals surface area (Å²) in [6.45, 7) is 2.84. The molecular formula is C19H25NO3. The second kappa shape index (κ2) is 7.07. The highest BCUT2D eigenvalue weighted by Gasteiger charge is 2.24. The third kappa shape index (κ3) is 3.36. The van der Waals surface area contributed by atoms with E-state index in [9.17, 15) is 4.79 Å². The van der Waals surface area contributed by atoms with Gasteiger partial charge in [0, 0.05) is 36.0 Å². The van der Waals surface area contributed by atoms with Gasteiger partial charge >= 0.3 is 0 Å². The van der Waals surface area contributed by atoms with Gasteiger partial charge in [0.05, 0.1) is 13.7 Å². The Bertz CT molecular complexity index is 689. The van der Waals surface area contributed by atoms with Crippen molar-refractivity contribution in [1.29, 1.82) is 0 Å². The summed E-state index contributed by atoms with van der Waals surface area (Å²) in [4.78, 5) is 15.1. The van der Waals surface area contributed by atoms with Crippen LogP contribution in [0.15, 0.2) is 18.3 Å². The lowest BCUT2D eigenvalue weighted by Crippen LogP contribution is -2.13. The quantitative estimate of drug-likeness (QED) is 0.794. The largest absolute Gasteiger partial charge is 0.493 e. The summed E-state index contributed by atoms with van der Waals surface area (Å²) in [6, 6.07) is 4.06. The molecule has 4 heteroatoms. The van der Waals surface area contributed by atoms with Crippen molar-refractivity contribution in [2.24, 2.45) is 0 Å². The van der Waals surface area contributed by atoms with Crippen molar-refractivity contribution in [3.05, 3.63) is 23.9 Å². The minimum atomic E-state index is 0.321. The highest BCUT2D eigenvalue weighted by atomic mass is 16.5. The molecule has 4 nitrogen and oxygen atoms in total. The van der Waals surface area contributed by atoms with Crippen LogP contribution in [0.25, 0.3) is 10.9 Å². The minimum absolute atomic E-state index is 0.321. The van der Waals surface area contributed by atoms with E-state index in [1.807, 2.05) is 18.3 Å². The van der Waals surface area contributed by atoms with Crippen LogP contribution >= 0.6 is 0 Å². The molecule has 3 rings (SSSR count). The maximum atomic E-state index is 11.8. The number of carbonyl (C=O) groups is 1. The van der Waals surface area contributed by atoms with Crippen molar-refractivity contribution < 1.29 is 14.3 Å². The van der Waals surface area contributed by atoms with E-state index in [4.69, 9.17) is 9.47 Å². The Morgan fingerprint density at radius 1 is 1.30 bits per heavy atom. The molecule has 1 aromatic heterocycles. The Hall–Kier alpha value is -1.97. The van der Waals surface area contributed by atoms with E-state index in [1.165, 1.54) is 5.56 Å². The smallest absolute Gasteiger partial charge is 0.163 e. The Morgan fingerprint density at radius 2 is 2.17 bits per heavy atom. The molecule has 1 atom stereocenters. The van der Waals surface area contributed by atoms with Gasteiger partial charge in [0.1, 0.15) is 5.78 Å². The van der Waals surface area contributed by atoms with E-state index in [0.29, 0.717) is 24.7 Å². The molecule has 1 N–H and O–H groups in total. The number of ether oxygens (including phenoxy) is 2. The predicted octanol–water partition coefficient (Wildman–Crippen LogP) is 4.58. The zero-order valence-corrected chi connectivity index (χ0v) is 14.0. The van der Waals surface area contributed by atoms with Crippen molar-refractivity contribution in [3.8, 4) is 11.5 Å². The minimum Gasteiger partial charge on any atom is -0.493 e. The van der Waals surface area contributed by atoms with Gasteiger partial charge in [0.15, 0.2) is 11.5 Å². The second-order valence-electron chi connectivity index (χ2n) is 6.33. The number of ketones is 1. The summed E-state index contributed by atoms with van der Waals surface area (Å²) in [5, 5.41) is 1.14. The molecule has 1 aliphatic rings. The first-order valence-electron chi connectivity index (χ1n) is 8.56. The van der Waals surface area contributed by atoms with E-state index >= 15 is 0 Å². The van der Waals surface area contributed by atoms with Crippen LogP contribution in [0.3, 0.4) is 0 Å². The summed E-state index contributed by atoms with van der Waals surface area (Å²) in [7, 11) is 1.67. The molecular weight excluding hydrogens is 290 g/mol. The Kier molecular flexibility index (Phi) is 4.89. The average Bonchev–Trinajstić information content (AvgIpc) is 2.97. The van der Waals surface area contributed by atoms with Crippen molar-refractivity contribution in [2.45, 2.75) is 51.4 Å². The highest BCUT2D eigenvalue weighted by Crippen LogP contribution is 2.39. The number of aromatic nitrogens is 1. The van der Waals surface area contributed by atoms with Crippen LogP contribution in [0.1, 0.15) is 56.9 Å². The summed E-state index contributed by atoms with van der Waals surface area (Å²) >= 11 is 0. The van der Waals surface area contributed by atoms with Crippen LogP contribution in [0.4, 0.5) is 0 Å². The molecule has 124 valence electrons. The number of methoxy groups -OCH3 is 1. The molecule has 1 fully saturated rings. The van der Waals surface area contributed by atoms with Crippen molar-refractivity contribution in [2.75, 3.05) is 13.7 Å². The van der Waals surface area contributed by atoms with Gasteiger partial charge in [-0.05, 0) is 36.8 Å². The summed E-state index contributed by atoms with van der Waals surface area (Å²) in [5.41, 5.74) is 2.27. The number of aromatic amines is 1. The van der Waals surface area contributed by atoms with Crippen LogP contribution in [0, 0.1) is 0 Å². The number of H-pyrrole nitrogens is 1. The number of hydrogen-bond donors (Lipinski definition) is 1. The second-order valence-corrected chi connectivity index (χ2v) is 6.33. The first kappa shape index (κ1) is 15.9. The third-order valence-corrected chi connectivity index (χ3v) is 4.68. The fourth-order valence-electron chi connectivity index (χ4n) is 3.38. The van der Waals surface area contributed by atoms with Gasteiger partial charge in [-0.2, -0.15) is 0 Å². The number of carbonyl (C=O) groups excluding carboxylic acids is 1. The topological polar surface area (TPSA) is 51.3 Å². The van der Waals surface area contributed by atoms with Crippen LogP contribution in [-0.4, -0.2) is 24.5 Å².